The first-order valence-electron chi connectivity index (χ1n) is 3.38. The van der Waals surface area contributed by atoms with E-state index in [0.29, 0.717) is 11.1 Å². The predicted molar refractivity (Wildman–Crippen MR) is 40.7 cm³/mol. The minimum atomic E-state index is -0.956. The molecule has 2 heteroatoms. The molecule has 0 saturated carbocycles. The first-order chi connectivity index (χ1) is 5.24. The van der Waals surface area contributed by atoms with Crippen LogP contribution in [0.25, 0.3) is 0 Å². The molecule has 1 aromatic rings. The normalized spacial score (nSPS) is 12.1. The zero-order valence-corrected chi connectivity index (χ0v) is 6.21. The zero-order chi connectivity index (χ0) is 8.27. The van der Waals surface area contributed by atoms with E-state index in [0.717, 1.165) is 0 Å². The van der Waals surface area contributed by atoms with Crippen molar-refractivity contribution in [1.29, 1.82) is 5.26 Å². The molecule has 0 aliphatic heterocycles. The Morgan fingerprint density at radius 2 is 1.91 bits per heavy atom. The van der Waals surface area contributed by atoms with E-state index in [4.69, 9.17) is 5.26 Å². The Kier molecular flexibility index (Phi) is 2.22. The van der Waals surface area contributed by atoms with Gasteiger partial charge in [-0.3, -0.25) is 0 Å². The van der Waals surface area contributed by atoms with Gasteiger partial charge in [0.15, 0.2) is 0 Å². The molecule has 0 bridgehead atoms. The first kappa shape index (κ1) is 7.74. The molecular formula is C9H8FN. The fourth-order valence-corrected chi connectivity index (χ4v) is 0.823. The average Bonchev–Trinajstić information content (AvgIpc) is 2.05. The van der Waals surface area contributed by atoms with Crippen molar-refractivity contribution < 1.29 is 4.39 Å². The Balaban J connectivity index is 2.94. The Morgan fingerprint density at radius 3 is 2.27 bits per heavy atom. The van der Waals surface area contributed by atoms with Crippen molar-refractivity contribution in [1.82, 2.24) is 0 Å². The summed E-state index contributed by atoms with van der Waals surface area (Å²) in [6, 6.07) is 8.46. The second kappa shape index (κ2) is 3.16. The van der Waals surface area contributed by atoms with E-state index in [9.17, 15) is 4.39 Å². The van der Waals surface area contributed by atoms with Crippen molar-refractivity contribution in [2.24, 2.45) is 0 Å². The summed E-state index contributed by atoms with van der Waals surface area (Å²) >= 11 is 0. The average molecular weight is 149 g/mol. The molecule has 1 atom stereocenters. The standard InChI is InChI=1S/C9H8FN/c1-7(10)9-4-2-8(6-11)3-5-9/h2-5,7H,1H3. The largest absolute Gasteiger partial charge is 0.243 e. The van der Waals surface area contributed by atoms with Gasteiger partial charge in [-0.25, -0.2) is 4.39 Å². The Hall–Kier alpha value is -1.36. The minimum Gasteiger partial charge on any atom is -0.243 e. The van der Waals surface area contributed by atoms with Gasteiger partial charge in [-0.1, -0.05) is 12.1 Å². The number of hydrogen-bond acceptors (Lipinski definition) is 1. The fourth-order valence-electron chi connectivity index (χ4n) is 0.823. The molecule has 0 spiro atoms. The maximum absolute atomic E-state index is 12.6. The molecule has 0 fully saturated rings. The van der Waals surface area contributed by atoms with Gasteiger partial charge in [0.2, 0.25) is 0 Å². The van der Waals surface area contributed by atoms with Gasteiger partial charge in [-0.15, -0.1) is 0 Å². The van der Waals surface area contributed by atoms with E-state index < -0.39 is 6.17 Å². The summed E-state index contributed by atoms with van der Waals surface area (Å²) in [7, 11) is 0. The molecule has 11 heavy (non-hydrogen) atoms. The third-order valence-electron chi connectivity index (χ3n) is 1.50. The van der Waals surface area contributed by atoms with Crippen LogP contribution in [0.1, 0.15) is 24.2 Å². The monoisotopic (exact) mass is 149 g/mol. The highest BCUT2D eigenvalue weighted by Gasteiger charge is 2.00. The summed E-state index contributed by atoms with van der Waals surface area (Å²) in [4.78, 5) is 0. The smallest absolute Gasteiger partial charge is 0.122 e. The predicted octanol–water partition coefficient (Wildman–Crippen LogP) is 2.59. The Morgan fingerprint density at radius 1 is 1.36 bits per heavy atom. The molecule has 1 unspecified atom stereocenters. The van der Waals surface area contributed by atoms with Gasteiger partial charge in [0, 0.05) is 0 Å². The van der Waals surface area contributed by atoms with Crippen molar-refractivity contribution in [3.63, 3.8) is 0 Å². The van der Waals surface area contributed by atoms with E-state index in [2.05, 4.69) is 0 Å². The van der Waals surface area contributed by atoms with Gasteiger partial charge in [0.25, 0.3) is 0 Å². The van der Waals surface area contributed by atoms with Gasteiger partial charge in [0.05, 0.1) is 11.6 Å². The highest BCUT2D eigenvalue weighted by molar-refractivity contribution is 5.32. The number of hydrogen-bond donors (Lipinski definition) is 0. The Bertz CT molecular complexity index is 269. The topological polar surface area (TPSA) is 23.8 Å². The van der Waals surface area contributed by atoms with Crippen LogP contribution in [0.3, 0.4) is 0 Å². The number of benzene rings is 1. The molecule has 0 N–H and O–H groups in total. The van der Waals surface area contributed by atoms with Crippen molar-refractivity contribution in [2.45, 2.75) is 13.1 Å². The summed E-state index contributed by atoms with van der Waals surface area (Å²) in [5.74, 6) is 0. The molecule has 0 radical (unpaired) electrons. The van der Waals surface area contributed by atoms with Gasteiger partial charge in [-0.2, -0.15) is 5.26 Å². The summed E-state index contributed by atoms with van der Waals surface area (Å²) in [6.07, 6.45) is -0.956. The lowest BCUT2D eigenvalue weighted by Gasteiger charge is -1.99. The van der Waals surface area contributed by atoms with Crippen LogP contribution in [-0.2, 0) is 0 Å². The lowest BCUT2D eigenvalue weighted by atomic mass is 10.1. The third-order valence-corrected chi connectivity index (χ3v) is 1.50. The molecule has 0 aromatic heterocycles. The van der Waals surface area contributed by atoms with Crippen molar-refractivity contribution in [3.05, 3.63) is 35.4 Å². The van der Waals surface area contributed by atoms with E-state index in [1.807, 2.05) is 6.07 Å². The molecule has 56 valence electrons. The van der Waals surface area contributed by atoms with Crippen molar-refractivity contribution in [3.8, 4) is 6.07 Å². The van der Waals surface area contributed by atoms with Crippen LogP contribution in [0.15, 0.2) is 24.3 Å². The molecule has 1 nitrogen and oxygen atoms in total. The minimum absolute atomic E-state index is 0.564. The molecule has 1 rings (SSSR count). The van der Waals surface area contributed by atoms with Crippen LogP contribution in [0, 0.1) is 11.3 Å². The van der Waals surface area contributed by atoms with Crippen LogP contribution in [0.2, 0.25) is 0 Å². The van der Waals surface area contributed by atoms with Crippen LogP contribution < -0.4 is 0 Å². The molecule has 0 heterocycles. The van der Waals surface area contributed by atoms with Gasteiger partial charge >= 0.3 is 0 Å². The SMILES string of the molecule is CC(F)c1ccc(C#N)cc1. The van der Waals surface area contributed by atoms with Crippen LogP contribution in [0.4, 0.5) is 4.39 Å². The third kappa shape index (κ3) is 1.78. The quantitative estimate of drug-likeness (QED) is 0.602. The van der Waals surface area contributed by atoms with Gasteiger partial charge in [0.1, 0.15) is 6.17 Å². The van der Waals surface area contributed by atoms with Gasteiger partial charge in [-0.05, 0) is 24.6 Å². The summed E-state index contributed by atoms with van der Waals surface area (Å²) in [5, 5.41) is 8.42. The summed E-state index contributed by atoms with van der Waals surface area (Å²) in [5.41, 5.74) is 1.18. The van der Waals surface area contributed by atoms with Crippen LogP contribution in [0.5, 0.6) is 0 Å². The second-order valence-electron chi connectivity index (χ2n) is 2.35. The molecule has 0 aliphatic carbocycles. The number of rotatable bonds is 1. The number of nitrogens with zero attached hydrogens (tertiary/aromatic N) is 1. The molecule has 1 aromatic carbocycles. The maximum atomic E-state index is 12.6. The lowest BCUT2D eigenvalue weighted by molar-refractivity contribution is 0.374. The van der Waals surface area contributed by atoms with Crippen LogP contribution in [-0.4, -0.2) is 0 Å². The first-order valence-corrected chi connectivity index (χ1v) is 3.38. The molecular weight excluding hydrogens is 141 g/mol. The highest BCUT2D eigenvalue weighted by Crippen LogP contribution is 2.15. The number of alkyl halides is 1. The van der Waals surface area contributed by atoms with E-state index >= 15 is 0 Å². The van der Waals surface area contributed by atoms with E-state index in [1.165, 1.54) is 6.92 Å². The fraction of sp³-hybridized carbons (Fsp3) is 0.222. The highest BCUT2D eigenvalue weighted by atomic mass is 19.1. The van der Waals surface area contributed by atoms with Crippen molar-refractivity contribution >= 4 is 0 Å². The lowest BCUT2D eigenvalue weighted by Crippen LogP contribution is -1.84. The zero-order valence-electron chi connectivity index (χ0n) is 6.21. The summed E-state index contributed by atoms with van der Waals surface area (Å²) in [6.45, 7) is 1.47. The molecule has 0 aliphatic rings. The van der Waals surface area contributed by atoms with Gasteiger partial charge < -0.3 is 0 Å². The van der Waals surface area contributed by atoms with Crippen LogP contribution >= 0.6 is 0 Å². The van der Waals surface area contributed by atoms with E-state index in [-0.39, 0.29) is 0 Å². The summed E-state index contributed by atoms with van der Waals surface area (Å²) < 4.78 is 12.6. The number of halogens is 1. The van der Waals surface area contributed by atoms with Crippen molar-refractivity contribution in [2.75, 3.05) is 0 Å². The van der Waals surface area contributed by atoms with E-state index in [1.54, 1.807) is 24.3 Å². The second-order valence-corrected chi connectivity index (χ2v) is 2.35. The molecule has 0 amide bonds. The maximum Gasteiger partial charge on any atom is 0.122 e. The molecule has 0 saturated heterocycles. The Labute approximate surface area is 65.1 Å². The number of nitriles is 1.